The molecule has 2 heterocycles. The molecule has 3 N–H and O–H groups in total. The first kappa shape index (κ1) is 16.7. The Bertz CT molecular complexity index is 521. The summed E-state index contributed by atoms with van der Waals surface area (Å²) in [6.45, 7) is 6.77. The summed E-state index contributed by atoms with van der Waals surface area (Å²) in [7, 11) is 0. The van der Waals surface area contributed by atoms with E-state index in [1.54, 1.807) is 12.1 Å². The zero-order valence-electron chi connectivity index (χ0n) is 13.7. The second kappa shape index (κ2) is 7.15. The number of fused-ring (bicyclic) bond motifs is 2. The van der Waals surface area contributed by atoms with Crippen molar-refractivity contribution in [2.45, 2.75) is 51.0 Å². The van der Waals surface area contributed by atoms with Crippen molar-refractivity contribution in [1.29, 1.82) is 0 Å². The molecule has 0 radical (unpaired) electrons. The molecule has 23 heavy (non-hydrogen) atoms. The molecule has 2 bridgehead atoms. The number of rotatable bonds is 6. The van der Waals surface area contributed by atoms with Crippen LogP contribution in [0.2, 0.25) is 0 Å². The van der Waals surface area contributed by atoms with Crippen molar-refractivity contribution in [3.63, 3.8) is 0 Å². The highest BCUT2D eigenvalue weighted by Crippen LogP contribution is 2.31. The van der Waals surface area contributed by atoms with Crippen LogP contribution in [0.25, 0.3) is 0 Å². The SMILES string of the molecule is CCN(CC)[C@@H]1[C@@H]2OC[C@H](O2)[C@@H](NCc2ccccc2O)[C@@H]1O. The number of phenolic OH excluding ortho intramolecular Hbond substituents is 1. The molecule has 0 amide bonds. The molecule has 0 aromatic heterocycles. The molecule has 2 aliphatic heterocycles. The number of likely N-dealkylation sites (N-methyl/N-ethyl adjacent to an activating group) is 1. The van der Waals surface area contributed by atoms with E-state index in [2.05, 4.69) is 24.1 Å². The molecule has 128 valence electrons. The van der Waals surface area contributed by atoms with Gasteiger partial charge in [-0.15, -0.1) is 0 Å². The van der Waals surface area contributed by atoms with Crippen LogP contribution < -0.4 is 5.32 Å². The van der Waals surface area contributed by atoms with Crippen molar-refractivity contribution in [3.8, 4) is 5.75 Å². The average molecular weight is 322 g/mol. The summed E-state index contributed by atoms with van der Waals surface area (Å²) in [5.74, 6) is 0.257. The first-order valence-corrected chi connectivity index (χ1v) is 8.35. The number of para-hydroxylation sites is 1. The van der Waals surface area contributed by atoms with E-state index in [0.29, 0.717) is 13.2 Å². The van der Waals surface area contributed by atoms with Gasteiger partial charge in [0.05, 0.1) is 24.8 Å². The quantitative estimate of drug-likeness (QED) is 0.715. The summed E-state index contributed by atoms with van der Waals surface area (Å²) in [6.07, 6.45) is -1.10. The third-order valence-corrected chi connectivity index (χ3v) is 4.88. The van der Waals surface area contributed by atoms with Crippen molar-refractivity contribution in [1.82, 2.24) is 10.2 Å². The molecule has 2 saturated heterocycles. The van der Waals surface area contributed by atoms with E-state index in [-0.39, 0.29) is 30.2 Å². The van der Waals surface area contributed by atoms with Gasteiger partial charge in [-0.05, 0) is 19.2 Å². The van der Waals surface area contributed by atoms with E-state index in [1.165, 1.54) is 0 Å². The predicted molar refractivity (Wildman–Crippen MR) is 86.1 cm³/mol. The Labute approximate surface area is 137 Å². The molecule has 0 aliphatic carbocycles. The monoisotopic (exact) mass is 322 g/mol. The molecular formula is C17H26N2O4. The normalized spacial score (nSPS) is 33.3. The highest BCUT2D eigenvalue weighted by molar-refractivity contribution is 5.31. The highest BCUT2D eigenvalue weighted by Gasteiger charge is 2.51. The second-order valence-corrected chi connectivity index (χ2v) is 6.11. The number of nitrogens with zero attached hydrogens (tertiary/aromatic N) is 1. The maximum atomic E-state index is 10.9. The Hall–Kier alpha value is -1.18. The lowest BCUT2D eigenvalue weighted by Gasteiger charge is -2.43. The Morgan fingerprint density at radius 2 is 2.00 bits per heavy atom. The van der Waals surface area contributed by atoms with Crippen LogP contribution in [0.5, 0.6) is 5.75 Å². The Morgan fingerprint density at radius 3 is 2.70 bits per heavy atom. The van der Waals surface area contributed by atoms with Gasteiger partial charge in [-0.1, -0.05) is 32.0 Å². The van der Waals surface area contributed by atoms with E-state index < -0.39 is 6.10 Å². The lowest BCUT2D eigenvalue weighted by molar-refractivity contribution is -0.181. The van der Waals surface area contributed by atoms with Gasteiger partial charge in [-0.2, -0.15) is 0 Å². The number of nitrogens with one attached hydrogen (secondary N) is 1. The van der Waals surface area contributed by atoms with Gasteiger partial charge >= 0.3 is 0 Å². The number of benzene rings is 1. The molecule has 1 aromatic rings. The fourth-order valence-electron chi connectivity index (χ4n) is 3.57. The smallest absolute Gasteiger partial charge is 0.176 e. The van der Waals surface area contributed by atoms with Gasteiger partial charge in [0.15, 0.2) is 6.29 Å². The average Bonchev–Trinajstić information content (AvgIpc) is 2.98. The summed E-state index contributed by atoms with van der Waals surface area (Å²) in [5.41, 5.74) is 0.806. The number of aliphatic hydroxyl groups excluding tert-OH is 1. The topological polar surface area (TPSA) is 74.2 Å². The number of aliphatic hydroxyl groups is 1. The van der Waals surface area contributed by atoms with Gasteiger partial charge < -0.3 is 25.0 Å². The minimum atomic E-state index is -0.577. The van der Waals surface area contributed by atoms with Gasteiger partial charge in [0.2, 0.25) is 0 Å². The summed E-state index contributed by atoms with van der Waals surface area (Å²) < 4.78 is 11.7. The van der Waals surface area contributed by atoms with Crippen LogP contribution >= 0.6 is 0 Å². The van der Waals surface area contributed by atoms with Crippen molar-refractivity contribution in [2.75, 3.05) is 19.7 Å². The number of hydrogen-bond donors (Lipinski definition) is 3. The van der Waals surface area contributed by atoms with Crippen LogP contribution in [0.3, 0.4) is 0 Å². The molecule has 6 nitrogen and oxygen atoms in total. The van der Waals surface area contributed by atoms with Crippen LogP contribution in [0.1, 0.15) is 19.4 Å². The molecule has 0 saturated carbocycles. The lowest BCUT2D eigenvalue weighted by Crippen LogP contribution is -2.64. The maximum absolute atomic E-state index is 10.9. The van der Waals surface area contributed by atoms with Gasteiger partial charge in [0.25, 0.3) is 0 Å². The highest BCUT2D eigenvalue weighted by atomic mass is 16.7. The zero-order chi connectivity index (χ0) is 16.4. The third kappa shape index (κ3) is 3.22. The molecule has 5 atom stereocenters. The molecule has 0 unspecified atom stereocenters. The van der Waals surface area contributed by atoms with E-state index in [0.717, 1.165) is 18.7 Å². The predicted octanol–water partition coefficient (Wildman–Crippen LogP) is 0.677. The largest absolute Gasteiger partial charge is 0.508 e. The number of phenols is 1. The van der Waals surface area contributed by atoms with Crippen molar-refractivity contribution >= 4 is 0 Å². The third-order valence-electron chi connectivity index (χ3n) is 4.88. The second-order valence-electron chi connectivity index (χ2n) is 6.11. The first-order chi connectivity index (χ1) is 11.2. The summed E-state index contributed by atoms with van der Waals surface area (Å²) in [5, 5.41) is 24.1. The minimum Gasteiger partial charge on any atom is -0.508 e. The van der Waals surface area contributed by atoms with Gasteiger partial charge in [-0.25, -0.2) is 0 Å². The van der Waals surface area contributed by atoms with Crippen LogP contribution in [0.15, 0.2) is 24.3 Å². The Balaban J connectivity index is 1.72. The number of ether oxygens (including phenoxy) is 2. The first-order valence-electron chi connectivity index (χ1n) is 8.35. The lowest BCUT2D eigenvalue weighted by atomic mass is 9.94. The van der Waals surface area contributed by atoms with Crippen molar-refractivity contribution < 1.29 is 19.7 Å². The van der Waals surface area contributed by atoms with Gasteiger partial charge in [0.1, 0.15) is 11.9 Å². The van der Waals surface area contributed by atoms with Crippen LogP contribution in [-0.4, -0.2) is 65.4 Å². The molecule has 6 heteroatoms. The van der Waals surface area contributed by atoms with Crippen LogP contribution in [0.4, 0.5) is 0 Å². The molecule has 3 rings (SSSR count). The Kier molecular flexibility index (Phi) is 5.18. The van der Waals surface area contributed by atoms with E-state index in [9.17, 15) is 10.2 Å². The van der Waals surface area contributed by atoms with E-state index in [1.807, 2.05) is 12.1 Å². The van der Waals surface area contributed by atoms with Crippen LogP contribution in [0, 0.1) is 0 Å². The standard InChI is InChI=1S/C17H26N2O4/c1-3-19(4-2)15-16(21)14(13-10-22-17(15)23-13)18-9-11-7-5-6-8-12(11)20/h5-8,13-18,20-21H,3-4,9-10H2,1-2H3/t13-,14+,15-,16-,17+/m0/s1. The van der Waals surface area contributed by atoms with Crippen LogP contribution in [-0.2, 0) is 16.0 Å². The number of hydrogen-bond acceptors (Lipinski definition) is 6. The molecule has 2 aliphatic rings. The zero-order valence-corrected chi connectivity index (χ0v) is 13.7. The van der Waals surface area contributed by atoms with Gasteiger partial charge in [-0.3, -0.25) is 4.90 Å². The Morgan fingerprint density at radius 1 is 1.26 bits per heavy atom. The molecule has 2 fully saturated rings. The summed E-state index contributed by atoms with van der Waals surface area (Å²) in [4.78, 5) is 2.17. The van der Waals surface area contributed by atoms with E-state index >= 15 is 0 Å². The van der Waals surface area contributed by atoms with Crippen molar-refractivity contribution in [2.24, 2.45) is 0 Å². The maximum Gasteiger partial charge on any atom is 0.176 e. The molecule has 1 aromatic carbocycles. The minimum absolute atomic E-state index is 0.160. The fraction of sp³-hybridized carbons (Fsp3) is 0.647. The molecular weight excluding hydrogens is 296 g/mol. The van der Waals surface area contributed by atoms with Crippen molar-refractivity contribution in [3.05, 3.63) is 29.8 Å². The fourth-order valence-corrected chi connectivity index (χ4v) is 3.57. The molecule has 0 spiro atoms. The number of aromatic hydroxyl groups is 1. The van der Waals surface area contributed by atoms with Gasteiger partial charge in [0, 0.05) is 12.1 Å². The summed E-state index contributed by atoms with van der Waals surface area (Å²) in [6, 6.07) is 6.82. The van der Waals surface area contributed by atoms with E-state index in [4.69, 9.17) is 9.47 Å². The summed E-state index contributed by atoms with van der Waals surface area (Å²) >= 11 is 0.